The van der Waals surface area contributed by atoms with Crippen molar-refractivity contribution in [2.45, 2.75) is 20.3 Å². The van der Waals surface area contributed by atoms with E-state index in [1.54, 1.807) is 23.6 Å². The molecule has 0 atom stereocenters. The molecule has 0 aliphatic heterocycles. The molecule has 0 saturated carbocycles. The molecule has 9 nitrogen and oxygen atoms in total. The zero-order valence-corrected chi connectivity index (χ0v) is 22.5. The second kappa shape index (κ2) is 13.5. The van der Waals surface area contributed by atoms with E-state index in [1.807, 2.05) is 13.8 Å². The van der Waals surface area contributed by atoms with Gasteiger partial charge >= 0.3 is 5.97 Å². The van der Waals surface area contributed by atoms with E-state index in [2.05, 4.69) is 10.4 Å². The quantitative estimate of drug-likeness (QED) is 0.159. The highest BCUT2D eigenvalue weighted by Crippen LogP contribution is 2.28. The van der Waals surface area contributed by atoms with Gasteiger partial charge in [0.2, 0.25) is 0 Å². The first-order valence-corrected chi connectivity index (χ1v) is 12.8. The number of hydrazone groups is 1. The van der Waals surface area contributed by atoms with Crippen LogP contribution in [0.4, 0.5) is 4.39 Å². The van der Waals surface area contributed by atoms with Crippen LogP contribution in [0.1, 0.15) is 36.2 Å². The summed E-state index contributed by atoms with van der Waals surface area (Å²) < 4.78 is 30.4. The number of methoxy groups -OCH3 is 1. The number of carbonyl (C=O) groups is 3. The third kappa shape index (κ3) is 7.75. The second-order valence-corrected chi connectivity index (χ2v) is 9.56. The van der Waals surface area contributed by atoms with Gasteiger partial charge in [-0.05, 0) is 30.2 Å². The summed E-state index contributed by atoms with van der Waals surface area (Å²) in [6.45, 7) is 3.80. The lowest BCUT2D eigenvalue weighted by Gasteiger charge is -2.14. The maximum Gasteiger partial charge on any atom is 0.306 e. The van der Waals surface area contributed by atoms with Gasteiger partial charge in [0, 0.05) is 35.4 Å². The summed E-state index contributed by atoms with van der Waals surface area (Å²) in [4.78, 5) is 36.6. The van der Waals surface area contributed by atoms with Crippen LogP contribution in [0.5, 0.6) is 11.5 Å². The third-order valence-corrected chi connectivity index (χ3v) is 6.34. The fourth-order valence-corrected chi connectivity index (χ4v) is 4.28. The van der Waals surface area contributed by atoms with Gasteiger partial charge in [-0.25, -0.2) is 9.40 Å². The Labute approximate surface area is 224 Å². The van der Waals surface area contributed by atoms with Gasteiger partial charge < -0.3 is 19.5 Å². The molecule has 1 aromatic heterocycles. The minimum atomic E-state index is -0.484. The fraction of sp³-hybridized carbons (Fsp3) is 0.333. The standard InChI is InChI=1S/C27H30FN3O6S/c1-17(2)12-25(33)37-11-10-36-22-9-8-18(13-23(22)35-4)27(34)29-15-24(32)31(3)30-14-19-16-38-26-20(19)6-5-7-21(26)28/h5-9,13-14,16-17H,10-12,15H2,1-4H3,(H,29,34). The van der Waals surface area contributed by atoms with Crippen LogP contribution in [-0.2, 0) is 14.3 Å². The molecule has 2 amide bonds. The lowest BCUT2D eigenvalue weighted by Crippen LogP contribution is -2.36. The van der Waals surface area contributed by atoms with Crippen LogP contribution in [0.15, 0.2) is 46.9 Å². The van der Waals surface area contributed by atoms with Crippen LogP contribution in [-0.4, -0.2) is 62.9 Å². The van der Waals surface area contributed by atoms with E-state index in [9.17, 15) is 18.8 Å². The molecule has 11 heteroatoms. The molecule has 0 bridgehead atoms. The topological polar surface area (TPSA) is 107 Å². The van der Waals surface area contributed by atoms with Crippen molar-refractivity contribution in [3.8, 4) is 11.5 Å². The molecule has 0 fully saturated rings. The number of ether oxygens (including phenoxy) is 3. The molecule has 1 heterocycles. The summed E-state index contributed by atoms with van der Waals surface area (Å²) in [7, 11) is 2.91. The number of fused-ring (bicyclic) bond motifs is 1. The monoisotopic (exact) mass is 543 g/mol. The largest absolute Gasteiger partial charge is 0.493 e. The number of hydrogen-bond acceptors (Lipinski definition) is 8. The van der Waals surface area contributed by atoms with Crippen molar-refractivity contribution < 1.29 is 33.0 Å². The lowest BCUT2D eigenvalue weighted by molar-refractivity contribution is -0.145. The first kappa shape index (κ1) is 28.6. The highest BCUT2D eigenvalue weighted by atomic mass is 32.1. The van der Waals surface area contributed by atoms with Gasteiger partial charge in [-0.3, -0.25) is 14.4 Å². The molecule has 38 heavy (non-hydrogen) atoms. The van der Waals surface area contributed by atoms with Gasteiger partial charge in [-0.15, -0.1) is 11.3 Å². The second-order valence-electron chi connectivity index (χ2n) is 8.68. The number of esters is 1. The predicted octanol–water partition coefficient (Wildman–Crippen LogP) is 4.24. The van der Waals surface area contributed by atoms with Gasteiger partial charge in [-0.1, -0.05) is 26.0 Å². The molecule has 0 saturated heterocycles. The molecule has 0 aliphatic rings. The summed E-state index contributed by atoms with van der Waals surface area (Å²) in [6, 6.07) is 9.38. The van der Waals surface area contributed by atoms with Crippen LogP contribution in [0.2, 0.25) is 0 Å². The van der Waals surface area contributed by atoms with E-state index < -0.39 is 11.8 Å². The molecule has 0 unspecified atom stereocenters. The summed E-state index contributed by atoms with van der Waals surface area (Å²) in [5.74, 6) is -0.609. The number of carbonyl (C=O) groups excluding carboxylic acids is 3. The predicted molar refractivity (Wildman–Crippen MR) is 143 cm³/mol. The zero-order chi connectivity index (χ0) is 27.7. The molecule has 3 aromatic rings. The van der Waals surface area contributed by atoms with E-state index >= 15 is 0 Å². The molecule has 202 valence electrons. The maximum atomic E-state index is 13.9. The van der Waals surface area contributed by atoms with Gasteiger partial charge in [0.25, 0.3) is 11.8 Å². The number of nitrogens with one attached hydrogen (secondary N) is 1. The number of hydrogen-bond donors (Lipinski definition) is 1. The summed E-state index contributed by atoms with van der Waals surface area (Å²) in [5, 5.41) is 10.3. The first-order chi connectivity index (χ1) is 18.2. The van der Waals surface area contributed by atoms with E-state index in [0.29, 0.717) is 33.6 Å². The number of rotatable bonds is 12. The van der Waals surface area contributed by atoms with Crippen molar-refractivity contribution in [1.82, 2.24) is 10.3 Å². The third-order valence-electron chi connectivity index (χ3n) is 5.32. The van der Waals surface area contributed by atoms with Gasteiger partial charge in [-0.2, -0.15) is 5.10 Å². The summed E-state index contributed by atoms with van der Waals surface area (Å²) >= 11 is 1.26. The van der Waals surface area contributed by atoms with E-state index in [0.717, 1.165) is 5.01 Å². The Morgan fingerprint density at radius 3 is 2.68 bits per heavy atom. The Kier molecular flexibility index (Phi) is 10.2. The van der Waals surface area contributed by atoms with Crippen LogP contribution in [0.3, 0.4) is 0 Å². The van der Waals surface area contributed by atoms with E-state index in [1.165, 1.54) is 49.9 Å². The summed E-state index contributed by atoms with van der Waals surface area (Å²) in [6.07, 6.45) is 1.82. The molecule has 3 rings (SSSR count). The van der Waals surface area contributed by atoms with E-state index in [4.69, 9.17) is 14.2 Å². The number of thiophene rings is 1. The van der Waals surface area contributed by atoms with Crippen LogP contribution in [0, 0.1) is 11.7 Å². The molecule has 1 N–H and O–H groups in total. The summed E-state index contributed by atoms with van der Waals surface area (Å²) in [5.41, 5.74) is 0.958. The van der Waals surface area contributed by atoms with Crippen molar-refractivity contribution in [1.29, 1.82) is 0 Å². The van der Waals surface area contributed by atoms with Crippen LogP contribution in [0.25, 0.3) is 10.1 Å². The molecular weight excluding hydrogens is 513 g/mol. The molecule has 0 radical (unpaired) electrons. The Morgan fingerprint density at radius 2 is 1.95 bits per heavy atom. The minimum absolute atomic E-state index is 0.0918. The van der Waals surface area contributed by atoms with Crippen LogP contribution < -0.4 is 14.8 Å². The Hall–Kier alpha value is -3.99. The minimum Gasteiger partial charge on any atom is -0.493 e. The number of likely N-dealkylation sites (N-methyl/N-ethyl adjacent to an activating group) is 1. The smallest absolute Gasteiger partial charge is 0.306 e. The Morgan fingerprint density at radius 1 is 1.16 bits per heavy atom. The van der Waals surface area contributed by atoms with Crippen molar-refractivity contribution >= 4 is 45.4 Å². The SMILES string of the molecule is COc1cc(C(=O)NCC(=O)N(C)N=Cc2csc3c(F)cccc23)ccc1OCCOC(=O)CC(C)C. The van der Waals surface area contributed by atoms with Crippen molar-refractivity contribution in [3.63, 3.8) is 0 Å². The van der Waals surface area contributed by atoms with Gasteiger partial charge in [0.1, 0.15) is 19.0 Å². The number of nitrogens with zero attached hydrogens (tertiary/aromatic N) is 2. The zero-order valence-electron chi connectivity index (χ0n) is 21.7. The molecule has 0 spiro atoms. The molecule has 0 aliphatic carbocycles. The maximum absolute atomic E-state index is 13.9. The number of amides is 2. The van der Waals surface area contributed by atoms with Crippen molar-refractivity contribution in [3.05, 3.63) is 58.7 Å². The molecular formula is C27H30FN3O6S. The average Bonchev–Trinajstić information content (AvgIpc) is 3.32. The molecule has 2 aromatic carbocycles. The van der Waals surface area contributed by atoms with Gasteiger partial charge in [0.15, 0.2) is 11.5 Å². The fourth-order valence-electron chi connectivity index (χ4n) is 3.35. The van der Waals surface area contributed by atoms with Crippen LogP contribution >= 0.6 is 11.3 Å². The number of halogens is 1. The highest BCUT2D eigenvalue weighted by Gasteiger charge is 2.15. The number of benzene rings is 2. The highest BCUT2D eigenvalue weighted by molar-refractivity contribution is 7.17. The first-order valence-electron chi connectivity index (χ1n) is 11.9. The normalized spacial score (nSPS) is 11.1. The van der Waals surface area contributed by atoms with Crippen molar-refractivity contribution in [2.75, 3.05) is 33.9 Å². The lowest BCUT2D eigenvalue weighted by atomic mass is 10.1. The Balaban J connectivity index is 1.50. The average molecular weight is 544 g/mol. The Bertz CT molecular complexity index is 1320. The van der Waals surface area contributed by atoms with E-state index in [-0.39, 0.29) is 43.0 Å². The van der Waals surface area contributed by atoms with Gasteiger partial charge in [0.05, 0.1) is 24.6 Å². The van der Waals surface area contributed by atoms with Crippen molar-refractivity contribution in [2.24, 2.45) is 11.0 Å².